The van der Waals surface area contributed by atoms with Crippen LogP contribution in [0.25, 0.3) is 17.2 Å². The number of hydrogen-bond donors (Lipinski definition) is 1. The van der Waals surface area contributed by atoms with Crippen LogP contribution in [0.1, 0.15) is 35.7 Å². The molecule has 0 atom stereocenters. The molecule has 3 aromatic carbocycles. The van der Waals surface area contributed by atoms with E-state index in [4.69, 9.17) is 43.1 Å². The molecule has 1 amide bonds. The number of aromatic carboxylic acids is 1. The van der Waals surface area contributed by atoms with Gasteiger partial charge in [-0.3, -0.25) is 9.69 Å². The summed E-state index contributed by atoms with van der Waals surface area (Å²) in [5.74, 6) is 0.708. The Morgan fingerprint density at radius 3 is 2.32 bits per heavy atom. The topological polar surface area (TPSA) is 88.5 Å². The lowest BCUT2D eigenvalue weighted by Gasteiger charge is -2.15. The monoisotopic (exact) mass is 654 g/mol. The third kappa shape index (κ3) is 8.98. The molecule has 0 aliphatic carbocycles. The summed E-state index contributed by atoms with van der Waals surface area (Å²) in [6.45, 7) is 4.61. The number of hydrogen-bond acceptors (Lipinski definition) is 8. The molecule has 0 saturated carbocycles. The van der Waals surface area contributed by atoms with E-state index in [0.29, 0.717) is 64.3 Å². The number of ether oxygens (including phenoxy) is 3. The first-order valence-electron chi connectivity index (χ1n) is 14.2. The van der Waals surface area contributed by atoms with Crippen molar-refractivity contribution in [3.8, 4) is 28.4 Å². The Hall–Kier alpha value is -3.57. The second-order valence-electron chi connectivity index (χ2n) is 10.3. The molecule has 1 aliphatic heterocycles. The largest absolute Gasteiger partial charge is 0.494 e. The molecule has 0 unspecified atom stereocenters. The van der Waals surface area contributed by atoms with Gasteiger partial charge in [-0.25, -0.2) is 4.79 Å². The first-order valence-corrected chi connectivity index (χ1v) is 15.8. The minimum atomic E-state index is -0.992. The smallest absolute Gasteiger partial charge is 0.335 e. The van der Waals surface area contributed by atoms with E-state index >= 15 is 0 Å². The van der Waals surface area contributed by atoms with E-state index in [-0.39, 0.29) is 11.5 Å². The van der Waals surface area contributed by atoms with Crippen molar-refractivity contribution in [3.63, 3.8) is 0 Å². The zero-order valence-corrected chi connectivity index (χ0v) is 27.3. The lowest BCUT2D eigenvalue weighted by Crippen LogP contribution is -2.29. The Bertz CT molecular complexity index is 1530. The summed E-state index contributed by atoms with van der Waals surface area (Å²) in [6.07, 6.45) is 3.27. The first kappa shape index (κ1) is 33.3. The number of carbonyl (C=O) groups excluding carboxylic acids is 1. The molecule has 0 spiro atoms. The van der Waals surface area contributed by atoms with Gasteiger partial charge in [-0.1, -0.05) is 54.6 Å². The van der Waals surface area contributed by atoms with E-state index in [1.54, 1.807) is 17.0 Å². The Morgan fingerprint density at radius 1 is 0.977 bits per heavy atom. The van der Waals surface area contributed by atoms with E-state index in [1.165, 1.54) is 23.9 Å². The maximum absolute atomic E-state index is 13.4. The maximum atomic E-state index is 13.4. The number of carboxylic acids is 1. The van der Waals surface area contributed by atoms with Crippen LogP contribution in [0.15, 0.2) is 65.6 Å². The van der Waals surface area contributed by atoms with Crippen LogP contribution in [0, 0.1) is 0 Å². The van der Waals surface area contributed by atoms with Crippen LogP contribution < -0.4 is 14.2 Å². The molecule has 1 heterocycles. The van der Waals surface area contributed by atoms with Gasteiger partial charge in [-0.15, -0.1) is 0 Å². The van der Waals surface area contributed by atoms with Crippen molar-refractivity contribution in [2.75, 3.05) is 47.0 Å². The van der Waals surface area contributed by atoms with Crippen molar-refractivity contribution in [1.29, 1.82) is 0 Å². The number of nitrogens with zero attached hydrogens (tertiary/aromatic N) is 2. The molecular weight excluding hydrogens is 620 g/mol. The van der Waals surface area contributed by atoms with Gasteiger partial charge in [0.25, 0.3) is 5.91 Å². The Labute approximate surface area is 272 Å². The average molecular weight is 655 g/mol. The zero-order chi connectivity index (χ0) is 31.6. The van der Waals surface area contributed by atoms with Crippen LogP contribution in [0.4, 0.5) is 0 Å². The van der Waals surface area contributed by atoms with Crippen LogP contribution in [-0.2, 0) is 4.79 Å². The number of thioether (sulfide) groups is 1. The average Bonchev–Trinajstić information content (AvgIpc) is 3.26. The summed E-state index contributed by atoms with van der Waals surface area (Å²) in [4.78, 5) is 28.6. The second-order valence-corrected chi connectivity index (χ2v) is 12.3. The highest BCUT2D eigenvalue weighted by Crippen LogP contribution is 2.37. The molecule has 44 heavy (non-hydrogen) atoms. The predicted octanol–water partition coefficient (Wildman–Crippen LogP) is 7.10. The standard InChI is InChI=1S/C33H35ClN2O6S2/c1-4-16-41-29-13-9-24(20-27(29)34)23-8-12-28(42-18-15-35(2)3)25(19-23)21-30-31(37)36(33(43)44-30)14-5-17-40-26-10-6-22(7-11-26)32(38)39/h6-13,19-21H,4-5,14-18H2,1-3H3,(H,38,39). The minimum absolute atomic E-state index is 0.170. The lowest BCUT2D eigenvalue weighted by atomic mass is 10.0. The fraction of sp³-hybridized carbons (Fsp3) is 0.303. The van der Waals surface area contributed by atoms with Gasteiger partial charge in [0.1, 0.15) is 28.2 Å². The number of rotatable bonds is 15. The van der Waals surface area contributed by atoms with Crippen LogP contribution >= 0.6 is 35.6 Å². The first-order chi connectivity index (χ1) is 21.2. The molecule has 1 aliphatic rings. The molecule has 1 N–H and O–H groups in total. The van der Waals surface area contributed by atoms with Gasteiger partial charge in [-0.2, -0.15) is 0 Å². The van der Waals surface area contributed by atoms with E-state index < -0.39 is 5.97 Å². The second kappa shape index (κ2) is 15.9. The SMILES string of the molecule is CCCOc1ccc(-c2ccc(OCCN(C)C)c(C=C3SC(=S)N(CCCOc4ccc(C(=O)O)cc4)C3=O)c2)cc1Cl. The van der Waals surface area contributed by atoms with Crippen molar-refractivity contribution in [2.45, 2.75) is 19.8 Å². The summed E-state index contributed by atoms with van der Waals surface area (Å²) in [5.41, 5.74) is 2.79. The molecule has 0 aromatic heterocycles. The number of carbonyl (C=O) groups is 2. The molecule has 0 bridgehead atoms. The number of thiocarbonyl (C=S) groups is 1. The van der Waals surface area contributed by atoms with E-state index in [2.05, 4.69) is 0 Å². The minimum Gasteiger partial charge on any atom is -0.494 e. The van der Waals surface area contributed by atoms with Crippen LogP contribution in [0.3, 0.4) is 0 Å². The molecule has 1 fully saturated rings. The highest BCUT2D eigenvalue weighted by atomic mass is 35.5. The molecule has 0 radical (unpaired) electrons. The van der Waals surface area contributed by atoms with Gasteiger partial charge < -0.3 is 24.2 Å². The van der Waals surface area contributed by atoms with Gasteiger partial charge in [0.05, 0.1) is 28.7 Å². The third-order valence-electron chi connectivity index (χ3n) is 6.59. The quantitative estimate of drug-likeness (QED) is 0.105. The van der Waals surface area contributed by atoms with Crippen LogP contribution in [-0.4, -0.2) is 78.1 Å². The fourth-order valence-corrected chi connectivity index (χ4v) is 5.79. The normalized spacial score (nSPS) is 14.0. The van der Waals surface area contributed by atoms with Gasteiger partial charge in [0.15, 0.2) is 0 Å². The van der Waals surface area contributed by atoms with Crippen LogP contribution in [0.2, 0.25) is 5.02 Å². The van der Waals surface area contributed by atoms with E-state index in [0.717, 1.165) is 29.7 Å². The molecule has 1 saturated heterocycles. The van der Waals surface area contributed by atoms with Gasteiger partial charge >= 0.3 is 5.97 Å². The number of amides is 1. The van der Waals surface area contributed by atoms with E-state index in [9.17, 15) is 9.59 Å². The van der Waals surface area contributed by atoms with Crippen molar-refractivity contribution >= 4 is 57.9 Å². The summed E-state index contributed by atoms with van der Waals surface area (Å²) in [7, 11) is 3.97. The summed E-state index contributed by atoms with van der Waals surface area (Å²) < 4.78 is 18.0. The number of halogens is 1. The molecule has 8 nitrogen and oxygen atoms in total. The highest BCUT2D eigenvalue weighted by Gasteiger charge is 2.32. The predicted molar refractivity (Wildman–Crippen MR) is 180 cm³/mol. The molecule has 11 heteroatoms. The van der Waals surface area contributed by atoms with Crippen LogP contribution in [0.5, 0.6) is 17.2 Å². The van der Waals surface area contributed by atoms with E-state index in [1.807, 2.05) is 68.4 Å². The number of likely N-dealkylation sites (N-methyl/N-ethyl adjacent to an activating group) is 1. The van der Waals surface area contributed by atoms with Crippen molar-refractivity contribution < 1.29 is 28.9 Å². The molecule has 3 aromatic rings. The number of carboxylic acid groups (broad SMARTS) is 1. The maximum Gasteiger partial charge on any atom is 0.335 e. The summed E-state index contributed by atoms with van der Waals surface area (Å²) in [5, 5.41) is 9.58. The molecular formula is C33H35ClN2O6S2. The Morgan fingerprint density at radius 2 is 1.66 bits per heavy atom. The summed E-state index contributed by atoms with van der Waals surface area (Å²) >= 11 is 13.3. The fourth-order valence-electron chi connectivity index (χ4n) is 4.26. The van der Waals surface area contributed by atoms with Gasteiger partial charge in [-0.05, 0) is 92.7 Å². The lowest BCUT2D eigenvalue weighted by molar-refractivity contribution is -0.122. The zero-order valence-electron chi connectivity index (χ0n) is 24.9. The van der Waals surface area contributed by atoms with Gasteiger partial charge in [0, 0.05) is 18.7 Å². The summed E-state index contributed by atoms with van der Waals surface area (Å²) in [6, 6.07) is 17.8. The van der Waals surface area contributed by atoms with Crippen molar-refractivity contribution in [3.05, 3.63) is 81.7 Å². The third-order valence-corrected chi connectivity index (χ3v) is 8.26. The molecule has 4 rings (SSSR count). The van der Waals surface area contributed by atoms with Crippen molar-refractivity contribution in [1.82, 2.24) is 9.80 Å². The Kier molecular flexibility index (Phi) is 12.1. The van der Waals surface area contributed by atoms with Crippen molar-refractivity contribution in [2.24, 2.45) is 0 Å². The number of benzene rings is 3. The molecule has 232 valence electrons. The van der Waals surface area contributed by atoms with Gasteiger partial charge in [0.2, 0.25) is 0 Å². The Balaban J connectivity index is 1.48. The highest BCUT2D eigenvalue weighted by molar-refractivity contribution is 8.26.